The van der Waals surface area contributed by atoms with E-state index in [1.165, 1.54) is 12.8 Å². The van der Waals surface area contributed by atoms with Crippen molar-refractivity contribution in [3.63, 3.8) is 0 Å². The first-order chi connectivity index (χ1) is 8.86. The molecular weight excluding hydrogens is 236 g/mol. The quantitative estimate of drug-likeness (QED) is 0.805. The minimum atomic E-state index is -0.0509. The summed E-state index contributed by atoms with van der Waals surface area (Å²) in [5.41, 5.74) is 5.74. The summed E-state index contributed by atoms with van der Waals surface area (Å²) in [5.74, 6) is 2.38. The molecule has 1 saturated carbocycles. The molecule has 0 aliphatic heterocycles. The maximum atomic E-state index is 12.4. The zero-order valence-corrected chi connectivity index (χ0v) is 13.3. The number of nitrogens with two attached hydrogens (primary N) is 1. The second-order valence-electron chi connectivity index (χ2n) is 7.03. The van der Waals surface area contributed by atoms with Crippen molar-refractivity contribution in [3.05, 3.63) is 0 Å². The van der Waals surface area contributed by atoms with Crippen LogP contribution >= 0.6 is 0 Å². The highest BCUT2D eigenvalue weighted by Crippen LogP contribution is 2.33. The second kappa shape index (κ2) is 7.28. The lowest BCUT2D eigenvalue weighted by Crippen LogP contribution is -2.49. The summed E-state index contributed by atoms with van der Waals surface area (Å²) in [7, 11) is 0. The molecule has 3 heteroatoms. The lowest BCUT2D eigenvalue weighted by atomic mass is 9.74. The van der Waals surface area contributed by atoms with Crippen molar-refractivity contribution < 1.29 is 4.79 Å². The van der Waals surface area contributed by atoms with Gasteiger partial charge in [-0.15, -0.1) is 0 Å². The zero-order valence-electron chi connectivity index (χ0n) is 13.3. The number of rotatable bonds is 5. The second-order valence-corrected chi connectivity index (χ2v) is 7.03. The molecule has 1 fully saturated rings. The number of amides is 1. The Morgan fingerprint density at radius 1 is 1.26 bits per heavy atom. The van der Waals surface area contributed by atoms with Gasteiger partial charge in [-0.25, -0.2) is 0 Å². The topological polar surface area (TPSA) is 55.1 Å². The van der Waals surface area contributed by atoms with E-state index in [1.54, 1.807) is 0 Å². The van der Waals surface area contributed by atoms with Crippen molar-refractivity contribution in [3.8, 4) is 0 Å². The van der Waals surface area contributed by atoms with E-state index in [0.717, 1.165) is 12.3 Å². The molecule has 0 spiro atoms. The summed E-state index contributed by atoms with van der Waals surface area (Å²) in [5, 5.41) is 3.29. The van der Waals surface area contributed by atoms with Crippen molar-refractivity contribution in [1.82, 2.24) is 5.32 Å². The van der Waals surface area contributed by atoms with Gasteiger partial charge in [0.25, 0.3) is 0 Å². The fraction of sp³-hybridized carbons (Fsp3) is 0.938. The monoisotopic (exact) mass is 268 g/mol. The van der Waals surface area contributed by atoms with Gasteiger partial charge in [0, 0.05) is 12.6 Å². The molecule has 0 aromatic rings. The van der Waals surface area contributed by atoms with E-state index in [0.29, 0.717) is 30.3 Å². The van der Waals surface area contributed by atoms with E-state index in [9.17, 15) is 4.79 Å². The molecule has 3 nitrogen and oxygen atoms in total. The maximum absolute atomic E-state index is 12.4. The van der Waals surface area contributed by atoms with Crippen molar-refractivity contribution in [2.24, 2.45) is 35.3 Å². The molecule has 0 bridgehead atoms. The summed E-state index contributed by atoms with van der Waals surface area (Å²) >= 11 is 0. The smallest absolute Gasteiger partial charge is 0.224 e. The van der Waals surface area contributed by atoms with Gasteiger partial charge in [-0.2, -0.15) is 0 Å². The standard InChI is InChI=1S/C16H32N2O/c1-10(2)13-7-6-12(5)8-15(13)18-16(19)14(9-17)11(3)4/h10-15H,6-9,17H2,1-5H3,(H,18,19). The Balaban J connectivity index is 2.67. The van der Waals surface area contributed by atoms with Crippen LogP contribution < -0.4 is 11.1 Å². The fourth-order valence-electron chi connectivity index (χ4n) is 3.34. The first kappa shape index (κ1) is 16.5. The minimum Gasteiger partial charge on any atom is -0.353 e. The van der Waals surface area contributed by atoms with E-state index in [2.05, 4.69) is 39.9 Å². The Hall–Kier alpha value is -0.570. The predicted octanol–water partition coefficient (Wildman–Crippen LogP) is 2.79. The van der Waals surface area contributed by atoms with Crippen LogP contribution in [0.4, 0.5) is 0 Å². The van der Waals surface area contributed by atoms with Gasteiger partial charge in [0.1, 0.15) is 0 Å². The fourth-order valence-corrected chi connectivity index (χ4v) is 3.34. The molecule has 0 radical (unpaired) electrons. The average molecular weight is 268 g/mol. The molecule has 0 aromatic heterocycles. The molecule has 4 unspecified atom stereocenters. The number of carbonyl (C=O) groups excluding carboxylic acids is 1. The lowest BCUT2D eigenvalue weighted by molar-refractivity contribution is -0.127. The van der Waals surface area contributed by atoms with E-state index < -0.39 is 0 Å². The van der Waals surface area contributed by atoms with Crippen LogP contribution in [0.2, 0.25) is 0 Å². The van der Waals surface area contributed by atoms with E-state index in [4.69, 9.17) is 5.73 Å². The molecule has 4 atom stereocenters. The molecule has 0 heterocycles. The molecule has 1 amide bonds. The largest absolute Gasteiger partial charge is 0.353 e. The Morgan fingerprint density at radius 2 is 1.89 bits per heavy atom. The van der Waals surface area contributed by atoms with Gasteiger partial charge in [0.15, 0.2) is 0 Å². The third-order valence-electron chi connectivity index (χ3n) is 4.75. The summed E-state index contributed by atoms with van der Waals surface area (Å²) in [6, 6.07) is 0.337. The van der Waals surface area contributed by atoms with Crippen LogP contribution in [0, 0.1) is 29.6 Å². The van der Waals surface area contributed by atoms with E-state index in [1.807, 2.05) is 0 Å². The summed E-state index contributed by atoms with van der Waals surface area (Å²) in [6.07, 6.45) is 3.64. The van der Waals surface area contributed by atoms with Crippen LogP contribution in [0.25, 0.3) is 0 Å². The van der Waals surface area contributed by atoms with Crippen molar-refractivity contribution in [2.45, 2.75) is 59.9 Å². The summed E-state index contributed by atoms with van der Waals surface area (Å²) in [6.45, 7) is 11.4. The molecular formula is C16H32N2O. The van der Waals surface area contributed by atoms with Gasteiger partial charge < -0.3 is 11.1 Å². The molecule has 3 N–H and O–H groups in total. The Kier molecular flexibility index (Phi) is 6.31. The molecule has 112 valence electrons. The number of nitrogens with one attached hydrogen (secondary N) is 1. The maximum Gasteiger partial charge on any atom is 0.224 e. The van der Waals surface area contributed by atoms with E-state index >= 15 is 0 Å². The highest BCUT2D eigenvalue weighted by atomic mass is 16.2. The first-order valence-corrected chi connectivity index (χ1v) is 7.87. The van der Waals surface area contributed by atoms with Crippen LogP contribution in [0.3, 0.4) is 0 Å². The predicted molar refractivity (Wildman–Crippen MR) is 80.7 cm³/mol. The normalized spacial score (nSPS) is 29.6. The summed E-state index contributed by atoms with van der Waals surface area (Å²) in [4.78, 5) is 12.4. The third-order valence-corrected chi connectivity index (χ3v) is 4.75. The molecule has 1 aliphatic rings. The number of hydrogen-bond acceptors (Lipinski definition) is 2. The summed E-state index contributed by atoms with van der Waals surface area (Å²) < 4.78 is 0. The van der Waals surface area contributed by atoms with Gasteiger partial charge in [-0.1, -0.05) is 41.0 Å². The van der Waals surface area contributed by atoms with E-state index in [-0.39, 0.29) is 11.8 Å². The Labute approximate surface area is 118 Å². The van der Waals surface area contributed by atoms with Gasteiger partial charge in [0.05, 0.1) is 5.92 Å². The van der Waals surface area contributed by atoms with Crippen LogP contribution in [0.1, 0.15) is 53.9 Å². The van der Waals surface area contributed by atoms with Crippen molar-refractivity contribution in [2.75, 3.05) is 6.54 Å². The van der Waals surface area contributed by atoms with Crippen LogP contribution in [-0.2, 0) is 4.79 Å². The zero-order chi connectivity index (χ0) is 14.6. The number of carbonyl (C=O) groups is 1. The van der Waals surface area contributed by atoms with Crippen LogP contribution in [0.15, 0.2) is 0 Å². The average Bonchev–Trinajstić information content (AvgIpc) is 2.28. The minimum absolute atomic E-state index is 0.0509. The van der Waals surface area contributed by atoms with Gasteiger partial charge in [-0.3, -0.25) is 4.79 Å². The molecule has 1 aliphatic carbocycles. The van der Waals surface area contributed by atoms with Gasteiger partial charge in [0.2, 0.25) is 5.91 Å². The highest BCUT2D eigenvalue weighted by molar-refractivity contribution is 5.79. The van der Waals surface area contributed by atoms with Crippen molar-refractivity contribution in [1.29, 1.82) is 0 Å². The number of hydrogen-bond donors (Lipinski definition) is 2. The molecule has 0 saturated heterocycles. The highest BCUT2D eigenvalue weighted by Gasteiger charge is 2.33. The molecule has 19 heavy (non-hydrogen) atoms. The molecule has 1 rings (SSSR count). The van der Waals surface area contributed by atoms with Crippen LogP contribution in [-0.4, -0.2) is 18.5 Å². The Morgan fingerprint density at radius 3 is 2.37 bits per heavy atom. The first-order valence-electron chi connectivity index (χ1n) is 7.87. The van der Waals surface area contributed by atoms with Crippen LogP contribution in [0.5, 0.6) is 0 Å². The van der Waals surface area contributed by atoms with Crippen molar-refractivity contribution >= 4 is 5.91 Å². The van der Waals surface area contributed by atoms with Gasteiger partial charge >= 0.3 is 0 Å². The van der Waals surface area contributed by atoms with Gasteiger partial charge in [-0.05, 0) is 36.5 Å². The molecule has 0 aromatic carbocycles. The third kappa shape index (κ3) is 4.48. The SMILES string of the molecule is CC1CCC(C(C)C)C(NC(=O)C(CN)C(C)C)C1. The lowest BCUT2D eigenvalue weighted by Gasteiger charge is -2.38. The Bertz CT molecular complexity index is 288.